The largest absolute Gasteiger partial charge is 0.345 e. The summed E-state index contributed by atoms with van der Waals surface area (Å²) in [5.41, 5.74) is 6.49. The Morgan fingerprint density at radius 1 is 1.11 bits per heavy atom. The summed E-state index contributed by atoms with van der Waals surface area (Å²) in [6.07, 6.45) is 2.01. The molecule has 0 spiro atoms. The third kappa shape index (κ3) is 4.73. The second-order valence-electron chi connectivity index (χ2n) is 6.94. The van der Waals surface area contributed by atoms with Crippen molar-refractivity contribution in [1.82, 2.24) is 9.88 Å². The molecule has 28 heavy (non-hydrogen) atoms. The van der Waals surface area contributed by atoms with E-state index in [1.807, 2.05) is 18.3 Å². The van der Waals surface area contributed by atoms with Crippen molar-refractivity contribution in [3.8, 4) is 0 Å². The molecule has 4 nitrogen and oxygen atoms in total. The van der Waals surface area contributed by atoms with Crippen LogP contribution in [-0.4, -0.2) is 10.6 Å². The fraction of sp³-hybridized carbons (Fsp3) is 0.227. The maximum Gasteiger partial charge on any atom is 0.319 e. The molecule has 3 aromatic rings. The predicted molar refractivity (Wildman–Crippen MR) is 111 cm³/mol. The molecule has 0 unspecified atom stereocenters. The fourth-order valence-corrected chi connectivity index (χ4v) is 3.49. The van der Waals surface area contributed by atoms with E-state index in [0.717, 1.165) is 12.2 Å². The molecule has 0 saturated carbocycles. The number of aryl methyl sites for hydroxylation is 3. The van der Waals surface area contributed by atoms with Crippen molar-refractivity contribution in [2.75, 3.05) is 5.32 Å². The van der Waals surface area contributed by atoms with Gasteiger partial charge < -0.3 is 15.2 Å². The molecule has 1 aromatic heterocycles. The summed E-state index contributed by atoms with van der Waals surface area (Å²) < 4.78 is 15.3. The zero-order valence-electron chi connectivity index (χ0n) is 16.1. The average molecular weight is 400 g/mol. The topological polar surface area (TPSA) is 46.1 Å². The molecule has 1 heterocycles. The number of carbonyl (C=O) groups excluding carboxylic acids is 1. The zero-order valence-corrected chi connectivity index (χ0v) is 16.9. The molecule has 0 bridgehead atoms. The molecule has 3 rings (SSSR count). The molecule has 0 aliphatic heterocycles. The number of nitrogens with zero attached hydrogens (tertiary/aromatic N) is 1. The van der Waals surface area contributed by atoms with E-state index in [4.69, 9.17) is 11.6 Å². The number of benzene rings is 2. The van der Waals surface area contributed by atoms with Crippen LogP contribution < -0.4 is 10.6 Å². The Kier molecular flexibility index (Phi) is 6.05. The van der Waals surface area contributed by atoms with Gasteiger partial charge in [0.05, 0.1) is 11.6 Å². The summed E-state index contributed by atoms with van der Waals surface area (Å²) in [5.74, 6) is -0.521. The number of anilines is 1. The van der Waals surface area contributed by atoms with Crippen molar-refractivity contribution in [2.24, 2.45) is 0 Å². The van der Waals surface area contributed by atoms with E-state index >= 15 is 0 Å². The van der Waals surface area contributed by atoms with Gasteiger partial charge in [0.25, 0.3) is 0 Å². The summed E-state index contributed by atoms with van der Waals surface area (Å²) >= 11 is 5.74. The summed E-state index contributed by atoms with van der Waals surface area (Å²) in [4.78, 5) is 12.2. The number of aromatic nitrogens is 1. The first-order valence-electron chi connectivity index (χ1n) is 9.04. The van der Waals surface area contributed by atoms with Crippen LogP contribution in [0.1, 0.15) is 27.9 Å². The molecule has 0 radical (unpaired) electrons. The Morgan fingerprint density at radius 3 is 2.50 bits per heavy atom. The molecule has 2 aromatic carbocycles. The quantitative estimate of drug-likeness (QED) is 0.578. The number of halogens is 2. The minimum atomic E-state index is -0.521. The van der Waals surface area contributed by atoms with Crippen LogP contribution in [-0.2, 0) is 13.1 Å². The van der Waals surface area contributed by atoms with Crippen LogP contribution in [0.3, 0.4) is 0 Å². The first kappa shape index (κ1) is 20.0. The van der Waals surface area contributed by atoms with E-state index in [0.29, 0.717) is 12.2 Å². The molecule has 6 heteroatoms. The second-order valence-corrected chi connectivity index (χ2v) is 7.35. The molecule has 146 valence electrons. The first-order chi connectivity index (χ1) is 13.3. The normalized spacial score (nSPS) is 10.8. The molecule has 0 aliphatic carbocycles. The van der Waals surface area contributed by atoms with Gasteiger partial charge in [-0.05, 0) is 67.8 Å². The highest BCUT2D eigenvalue weighted by atomic mass is 35.5. The smallest absolute Gasteiger partial charge is 0.319 e. The minimum absolute atomic E-state index is 0.0319. The summed E-state index contributed by atoms with van der Waals surface area (Å²) in [6, 6.07) is 12.0. The van der Waals surface area contributed by atoms with Crippen LogP contribution in [0.2, 0.25) is 5.02 Å². The monoisotopic (exact) mass is 399 g/mol. The lowest BCUT2D eigenvalue weighted by atomic mass is 10.00. The molecular formula is C22H23ClFN3O. The summed E-state index contributed by atoms with van der Waals surface area (Å²) in [6.45, 7) is 7.46. The highest BCUT2D eigenvalue weighted by Gasteiger charge is 2.09. The van der Waals surface area contributed by atoms with E-state index in [9.17, 15) is 9.18 Å². The van der Waals surface area contributed by atoms with Crippen molar-refractivity contribution < 1.29 is 9.18 Å². The van der Waals surface area contributed by atoms with E-state index in [1.54, 1.807) is 0 Å². The van der Waals surface area contributed by atoms with Gasteiger partial charge in [-0.25, -0.2) is 9.18 Å². The lowest BCUT2D eigenvalue weighted by molar-refractivity contribution is 0.251. The number of carbonyl (C=O) groups is 1. The average Bonchev–Trinajstić information content (AvgIpc) is 3.06. The van der Waals surface area contributed by atoms with Crippen LogP contribution in [0.5, 0.6) is 0 Å². The van der Waals surface area contributed by atoms with E-state index in [1.165, 1.54) is 40.5 Å². The van der Waals surface area contributed by atoms with Gasteiger partial charge in [-0.2, -0.15) is 0 Å². The van der Waals surface area contributed by atoms with Gasteiger partial charge in [0, 0.05) is 24.1 Å². The Balaban J connectivity index is 1.64. The van der Waals surface area contributed by atoms with Crippen LogP contribution in [0.4, 0.5) is 14.9 Å². The van der Waals surface area contributed by atoms with Crippen LogP contribution >= 0.6 is 11.6 Å². The van der Waals surface area contributed by atoms with Crippen LogP contribution in [0.15, 0.2) is 48.7 Å². The van der Waals surface area contributed by atoms with Crippen molar-refractivity contribution >= 4 is 23.3 Å². The third-order valence-electron chi connectivity index (χ3n) is 4.70. The Bertz CT molecular complexity index is 990. The van der Waals surface area contributed by atoms with E-state index in [2.05, 4.69) is 48.1 Å². The van der Waals surface area contributed by atoms with Gasteiger partial charge in [0.15, 0.2) is 0 Å². The van der Waals surface area contributed by atoms with Gasteiger partial charge in [0.1, 0.15) is 5.82 Å². The van der Waals surface area contributed by atoms with Crippen molar-refractivity contribution in [3.63, 3.8) is 0 Å². The molecule has 2 amide bonds. The predicted octanol–water partition coefficient (Wildman–Crippen LogP) is 5.58. The van der Waals surface area contributed by atoms with Crippen molar-refractivity contribution in [3.05, 3.63) is 87.4 Å². The molecule has 0 saturated heterocycles. The number of nitrogens with one attached hydrogen (secondary N) is 2. The van der Waals surface area contributed by atoms with Gasteiger partial charge in [0.2, 0.25) is 0 Å². The number of amides is 2. The Morgan fingerprint density at radius 2 is 1.82 bits per heavy atom. The van der Waals surface area contributed by atoms with Crippen LogP contribution in [0, 0.1) is 26.6 Å². The second kappa shape index (κ2) is 8.48. The highest BCUT2D eigenvalue weighted by molar-refractivity contribution is 6.31. The molecule has 2 N–H and O–H groups in total. The van der Waals surface area contributed by atoms with Gasteiger partial charge in [-0.15, -0.1) is 0 Å². The summed E-state index contributed by atoms with van der Waals surface area (Å²) in [5, 5.41) is 5.45. The lowest BCUT2D eigenvalue weighted by Crippen LogP contribution is -2.29. The number of rotatable bonds is 5. The maximum atomic E-state index is 13.2. The Hall–Kier alpha value is -2.79. The van der Waals surface area contributed by atoms with Crippen molar-refractivity contribution in [1.29, 1.82) is 0 Å². The first-order valence-corrected chi connectivity index (χ1v) is 9.42. The van der Waals surface area contributed by atoms with Gasteiger partial charge >= 0.3 is 6.03 Å². The highest BCUT2D eigenvalue weighted by Crippen LogP contribution is 2.20. The van der Waals surface area contributed by atoms with E-state index in [-0.39, 0.29) is 11.1 Å². The van der Waals surface area contributed by atoms with Crippen LogP contribution in [0.25, 0.3) is 0 Å². The lowest BCUT2D eigenvalue weighted by Gasteiger charge is -2.15. The SMILES string of the molecule is Cc1cc(C)c(Cn2cccc2CNC(=O)Nc2ccc(F)c(Cl)c2)c(C)c1. The molecular weight excluding hydrogens is 377 g/mol. The number of hydrogen-bond acceptors (Lipinski definition) is 1. The standard InChI is InChI=1S/C22H23ClFN3O/c1-14-9-15(2)19(16(3)10-14)13-27-8-4-5-18(27)12-25-22(28)26-17-6-7-21(24)20(23)11-17/h4-11H,12-13H2,1-3H3,(H2,25,26,28). The minimum Gasteiger partial charge on any atom is -0.345 e. The maximum absolute atomic E-state index is 13.2. The van der Waals surface area contributed by atoms with Crippen molar-refractivity contribution in [2.45, 2.75) is 33.9 Å². The van der Waals surface area contributed by atoms with E-state index < -0.39 is 5.82 Å². The zero-order chi connectivity index (χ0) is 20.3. The molecule has 0 atom stereocenters. The molecule has 0 aliphatic rings. The fourth-order valence-electron chi connectivity index (χ4n) is 3.31. The number of urea groups is 1. The number of hydrogen-bond donors (Lipinski definition) is 2. The van der Waals surface area contributed by atoms with Gasteiger partial charge in [-0.3, -0.25) is 0 Å². The summed E-state index contributed by atoms with van der Waals surface area (Å²) in [7, 11) is 0. The molecule has 0 fully saturated rings. The Labute approximate surface area is 169 Å². The van der Waals surface area contributed by atoms with Gasteiger partial charge in [-0.1, -0.05) is 29.3 Å². The third-order valence-corrected chi connectivity index (χ3v) is 4.99.